The van der Waals surface area contributed by atoms with Crippen molar-refractivity contribution in [1.29, 1.82) is 0 Å². The molecule has 0 bridgehead atoms. The Kier molecular flexibility index (Phi) is 5.19. The van der Waals surface area contributed by atoms with Crippen molar-refractivity contribution in [2.45, 2.75) is 37.8 Å². The monoisotopic (exact) mass is 268 g/mol. The Morgan fingerprint density at radius 1 is 1.32 bits per heavy atom. The summed E-state index contributed by atoms with van der Waals surface area (Å²) in [5.74, 6) is 0.182. The van der Waals surface area contributed by atoms with Gasteiger partial charge in [0.05, 0.1) is 0 Å². The van der Waals surface area contributed by atoms with Gasteiger partial charge in [-0.05, 0) is 19.4 Å². The molecule has 2 unspecified atom stereocenters. The van der Waals surface area contributed by atoms with E-state index in [1.165, 1.54) is 25.8 Å². The summed E-state index contributed by atoms with van der Waals surface area (Å²) in [5.41, 5.74) is 5.89. The molecule has 0 aromatic rings. The van der Waals surface area contributed by atoms with Crippen molar-refractivity contribution in [3.63, 3.8) is 0 Å². The van der Waals surface area contributed by atoms with Crippen LogP contribution in [-0.2, 0) is 4.79 Å². The number of carbonyl (C=O) groups is 1. The first-order valence-electron chi connectivity index (χ1n) is 7.50. The van der Waals surface area contributed by atoms with E-state index in [9.17, 15) is 4.79 Å². The molecule has 2 rings (SSSR count). The van der Waals surface area contributed by atoms with Crippen LogP contribution < -0.4 is 5.73 Å². The average Bonchev–Trinajstić information content (AvgIpc) is 2.43. The van der Waals surface area contributed by atoms with Gasteiger partial charge in [-0.1, -0.05) is 6.42 Å². The molecule has 2 saturated heterocycles. The molecule has 2 heterocycles. The summed E-state index contributed by atoms with van der Waals surface area (Å²) >= 11 is 0. The van der Waals surface area contributed by atoms with Gasteiger partial charge in [0.2, 0.25) is 5.91 Å². The summed E-state index contributed by atoms with van der Waals surface area (Å²) in [6.07, 6.45) is 4.54. The van der Waals surface area contributed by atoms with E-state index in [-0.39, 0.29) is 11.9 Å². The lowest BCUT2D eigenvalue weighted by Crippen LogP contribution is -2.58. The van der Waals surface area contributed by atoms with E-state index in [2.05, 4.69) is 9.80 Å². The Hall–Kier alpha value is -0.650. The molecule has 0 saturated carbocycles. The Balaban J connectivity index is 1.90. The zero-order chi connectivity index (χ0) is 13.8. The molecule has 2 aliphatic heterocycles. The maximum atomic E-state index is 11.9. The fourth-order valence-electron chi connectivity index (χ4n) is 3.26. The third-order valence-electron chi connectivity index (χ3n) is 4.57. The van der Waals surface area contributed by atoms with Gasteiger partial charge in [0.15, 0.2) is 0 Å². The van der Waals surface area contributed by atoms with Gasteiger partial charge in [-0.15, -0.1) is 0 Å². The largest absolute Gasteiger partial charge is 0.349 e. The number of piperazine rings is 1. The number of rotatable bonds is 4. The van der Waals surface area contributed by atoms with Crippen molar-refractivity contribution in [3.05, 3.63) is 0 Å². The fraction of sp³-hybridized carbons (Fsp3) is 0.929. The van der Waals surface area contributed by atoms with E-state index in [1.54, 1.807) is 4.90 Å². The van der Waals surface area contributed by atoms with Crippen molar-refractivity contribution >= 4 is 5.91 Å². The highest BCUT2D eigenvalue weighted by Crippen LogP contribution is 2.22. The van der Waals surface area contributed by atoms with Crippen LogP contribution in [0.4, 0.5) is 0 Å². The highest BCUT2D eigenvalue weighted by Gasteiger charge is 2.32. The highest BCUT2D eigenvalue weighted by molar-refractivity contribution is 5.76. The number of fused-ring (bicyclic) bond motifs is 1. The number of piperidine rings is 1. The minimum Gasteiger partial charge on any atom is -0.349 e. The maximum absolute atomic E-state index is 11.9. The Bertz CT molecular complexity index is 308. The molecule has 0 aliphatic carbocycles. The third-order valence-corrected chi connectivity index (χ3v) is 4.57. The lowest BCUT2D eigenvalue weighted by Gasteiger charge is -2.46. The number of nitrogens with two attached hydrogens (primary N) is 1. The predicted molar refractivity (Wildman–Crippen MR) is 76.9 cm³/mol. The average molecular weight is 268 g/mol. The lowest BCUT2D eigenvalue weighted by atomic mass is 9.98. The van der Waals surface area contributed by atoms with Gasteiger partial charge in [0, 0.05) is 58.8 Å². The molecule has 2 aliphatic rings. The first-order valence-corrected chi connectivity index (χ1v) is 7.50. The Morgan fingerprint density at radius 3 is 2.79 bits per heavy atom. The maximum Gasteiger partial charge on any atom is 0.223 e. The molecule has 19 heavy (non-hydrogen) atoms. The zero-order valence-corrected chi connectivity index (χ0v) is 12.3. The summed E-state index contributed by atoms with van der Waals surface area (Å²) in [6.45, 7) is 5.10. The van der Waals surface area contributed by atoms with Crippen molar-refractivity contribution < 1.29 is 4.79 Å². The van der Waals surface area contributed by atoms with Crippen LogP contribution in [0.1, 0.15) is 25.7 Å². The molecule has 2 N–H and O–H groups in total. The van der Waals surface area contributed by atoms with Crippen molar-refractivity contribution in [1.82, 2.24) is 14.7 Å². The predicted octanol–water partition coefficient (Wildman–Crippen LogP) is -0.0379. The van der Waals surface area contributed by atoms with Crippen molar-refractivity contribution in [2.75, 3.05) is 46.8 Å². The van der Waals surface area contributed by atoms with E-state index in [4.69, 9.17) is 5.73 Å². The fourth-order valence-corrected chi connectivity index (χ4v) is 3.26. The number of nitrogens with zero attached hydrogens (tertiary/aromatic N) is 3. The smallest absolute Gasteiger partial charge is 0.223 e. The standard InChI is InChI=1S/C14H28N4O/c1-16(2)14(19)9-13(10-15)18-8-7-17-6-4-3-5-12(17)11-18/h12-13H,3-11,15H2,1-2H3. The Labute approximate surface area is 116 Å². The minimum atomic E-state index is 0.182. The number of carbonyl (C=O) groups excluding carboxylic acids is 1. The van der Waals surface area contributed by atoms with Crippen LogP contribution >= 0.6 is 0 Å². The molecule has 0 aromatic carbocycles. The minimum absolute atomic E-state index is 0.182. The molecule has 5 nitrogen and oxygen atoms in total. The van der Waals surface area contributed by atoms with Gasteiger partial charge < -0.3 is 10.6 Å². The molecular formula is C14H28N4O. The number of hydrogen-bond donors (Lipinski definition) is 1. The van der Waals surface area contributed by atoms with Crippen LogP contribution in [0.2, 0.25) is 0 Å². The van der Waals surface area contributed by atoms with Crippen molar-refractivity contribution in [2.24, 2.45) is 5.73 Å². The summed E-state index contributed by atoms with van der Waals surface area (Å²) in [6, 6.07) is 0.894. The van der Waals surface area contributed by atoms with Crippen LogP contribution in [-0.4, -0.2) is 79.5 Å². The van der Waals surface area contributed by atoms with Gasteiger partial charge in [0.25, 0.3) is 0 Å². The number of hydrogen-bond acceptors (Lipinski definition) is 4. The third kappa shape index (κ3) is 3.68. The topological polar surface area (TPSA) is 52.8 Å². The van der Waals surface area contributed by atoms with Crippen molar-refractivity contribution in [3.8, 4) is 0 Å². The van der Waals surface area contributed by atoms with Crippen LogP contribution in [0.5, 0.6) is 0 Å². The van der Waals surface area contributed by atoms with Gasteiger partial charge in [0.1, 0.15) is 0 Å². The lowest BCUT2D eigenvalue weighted by molar-refractivity contribution is -0.130. The molecule has 5 heteroatoms. The quantitative estimate of drug-likeness (QED) is 0.777. The van der Waals surface area contributed by atoms with Gasteiger partial charge in [-0.2, -0.15) is 0 Å². The molecule has 0 spiro atoms. The first-order chi connectivity index (χ1) is 9.11. The SMILES string of the molecule is CN(C)C(=O)CC(CN)N1CCN2CCCCC2C1. The van der Waals surface area contributed by atoms with Crippen LogP contribution in [0.25, 0.3) is 0 Å². The molecule has 110 valence electrons. The second kappa shape index (κ2) is 6.68. The van der Waals surface area contributed by atoms with Crippen LogP contribution in [0.3, 0.4) is 0 Å². The first kappa shape index (κ1) is 14.8. The summed E-state index contributed by atoms with van der Waals surface area (Å²) in [5, 5.41) is 0. The Morgan fingerprint density at radius 2 is 2.11 bits per heavy atom. The second-order valence-corrected chi connectivity index (χ2v) is 6.06. The zero-order valence-electron chi connectivity index (χ0n) is 12.3. The summed E-state index contributed by atoms with van der Waals surface area (Å²) in [4.78, 5) is 18.6. The van der Waals surface area contributed by atoms with Crippen LogP contribution in [0, 0.1) is 0 Å². The van der Waals surface area contributed by atoms with E-state index < -0.39 is 0 Å². The van der Waals surface area contributed by atoms with Gasteiger partial charge in [-0.3, -0.25) is 14.6 Å². The van der Waals surface area contributed by atoms with Crippen LogP contribution in [0.15, 0.2) is 0 Å². The van der Waals surface area contributed by atoms with Gasteiger partial charge >= 0.3 is 0 Å². The van der Waals surface area contributed by atoms with E-state index in [1.807, 2.05) is 14.1 Å². The summed E-state index contributed by atoms with van der Waals surface area (Å²) < 4.78 is 0. The second-order valence-electron chi connectivity index (χ2n) is 6.06. The summed E-state index contributed by atoms with van der Waals surface area (Å²) in [7, 11) is 3.63. The normalized spacial score (nSPS) is 26.8. The number of amides is 1. The van der Waals surface area contributed by atoms with E-state index in [0.29, 0.717) is 19.0 Å². The molecule has 2 atom stereocenters. The molecule has 0 radical (unpaired) electrons. The van der Waals surface area contributed by atoms with E-state index in [0.717, 1.165) is 19.6 Å². The highest BCUT2D eigenvalue weighted by atomic mass is 16.2. The molecular weight excluding hydrogens is 240 g/mol. The molecule has 1 amide bonds. The van der Waals surface area contributed by atoms with Gasteiger partial charge in [-0.25, -0.2) is 0 Å². The molecule has 2 fully saturated rings. The van der Waals surface area contributed by atoms with E-state index >= 15 is 0 Å². The molecule has 0 aromatic heterocycles.